The first-order chi connectivity index (χ1) is 14.7. The Morgan fingerprint density at radius 2 is 2.10 bits per heavy atom. The van der Waals surface area contributed by atoms with Gasteiger partial charge in [-0.1, -0.05) is 32.4 Å². The molecule has 9 heteroatoms. The lowest BCUT2D eigenvalue weighted by Gasteiger charge is -2.62. The van der Waals surface area contributed by atoms with Gasteiger partial charge in [-0.15, -0.1) is 0 Å². The number of amides is 1. The standard InChI is InChI=1S/C22H28ClN5O3/c1-12-15-7-13(22(15,2)3)8-16(12)27-17-10-25-28(21(30)20(17)23)11-18(29)26-14-5-6-19(31-4)24-9-14/h5-6,9-10,12-13,15-16,27H,7-8,11H2,1-4H3,(H,26,29)/t12-,13-,15+,16-/m1/s1. The third-order valence-corrected chi connectivity index (χ3v) is 7.57. The van der Waals surface area contributed by atoms with E-state index in [1.165, 1.54) is 25.9 Å². The first-order valence-corrected chi connectivity index (χ1v) is 10.9. The predicted octanol–water partition coefficient (Wildman–Crippen LogP) is 3.42. The Kier molecular flexibility index (Phi) is 5.68. The molecule has 2 aromatic heterocycles. The van der Waals surface area contributed by atoms with Crippen molar-refractivity contribution in [2.75, 3.05) is 17.7 Å². The van der Waals surface area contributed by atoms with Crippen molar-refractivity contribution in [1.29, 1.82) is 0 Å². The number of hydrogen-bond acceptors (Lipinski definition) is 6. The Bertz CT molecular complexity index is 1040. The van der Waals surface area contributed by atoms with Crippen molar-refractivity contribution in [3.8, 4) is 5.88 Å². The van der Waals surface area contributed by atoms with Gasteiger partial charge in [0, 0.05) is 12.1 Å². The Morgan fingerprint density at radius 1 is 1.32 bits per heavy atom. The van der Waals surface area contributed by atoms with Gasteiger partial charge >= 0.3 is 0 Å². The SMILES string of the molecule is COc1ccc(NC(=O)Cn2ncc(N[C@@H]3C[C@H]4C[C@@H]([C@H]3C)C4(C)C)c(Cl)c2=O)cn1. The van der Waals surface area contributed by atoms with Crippen LogP contribution in [0.2, 0.25) is 5.02 Å². The van der Waals surface area contributed by atoms with E-state index in [0.29, 0.717) is 40.4 Å². The molecule has 0 aliphatic heterocycles. The molecule has 3 aliphatic rings. The molecule has 2 heterocycles. The normalized spacial score (nSPS) is 26.0. The second kappa shape index (κ2) is 8.15. The lowest BCUT2D eigenvalue weighted by atomic mass is 9.45. The van der Waals surface area contributed by atoms with E-state index in [4.69, 9.17) is 16.3 Å². The molecule has 1 amide bonds. The Hall–Kier alpha value is -2.61. The van der Waals surface area contributed by atoms with Crippen molar-refractivity contribution < 1.29 is 9.53 Å². The van der Waals surface area contributed by atoms with Gasteiger partial charge in [-0.3, -0.25) is 9.59 Å². The summed E-state index contributed by atoms with van der Waals surface area (Å²) in [7, 11) is 1.51. The summed E-state index contributed by atoms with van der Waals surface area (Å²) in [6.07, 6.45) is 5.34. The number of aromatic nitrogens is 3. The second-order valence-electron chi connectivity index (χ2n) is 9.18. The summed E-state index contributed by atoms with van der Waals surface area (Å²) in [5, 5.41) is 10.3. The number of methoxy groups -OCH3 is 1. The molecule has 0 unspecified atom stereocenters. The summed E-state index contributed by atoms with van der Waals surface area (Å²) in [6.45, 7) is 6.71. The van der Waals surface area contributed by atoms with E-state index < -0.39 is 11.5 Å². The van der Waals surface area contributed by atoms with Gasteiger partial charge in [0.1, 0.15) is 11.6 Å². The molecule has 4 atom stereocenters. The van der Waals surface area contributed by atoms with Gasteiger partial charge in [-0.05, 0) is 42.1 Å². The van der Waals surface area contributed by atoms with Crippen LogP contribution in [-0.2, 0) is 11.3 Å². The summed E-state index contributed by atoms with van der Waals surface area (Å²) in [5.74, 6) is 1.89. The minimum absolute atomic E-state index is 0.0552. The fourth-order valence-electron chi connectivity index (χ4n) is 5.13. The van der Waals surface area contributed by atoms with Crippen molar-refractivity contribution >= 4 is 28.9 Å². The molecule has 0 spiro atoms. The molecular formula is C22H28ClN5O3. The van der Waals surface area contributed by atoms with Crippen molar-refractivity contribution in [2.24, 2.45) is 23.2 Å². The first kappa shape index (κ1) is 21.6. The number of fused-ring (bicyclic) bond motifs is 2. The average Bonchev–Trinajstić information content (AvgIpc) is 2.74. The molecule has 2 bridgehead atoms. The predicted molar refractivity (Wildman–Crippen MR) is 119 cm³/mol. The Labute approximate surface area is 186 Å². The maximum atomic E-state index is 12.7. The first-order valence-electron chi connectivity index (χ1n) is 10.5. The highest BCUT2D eigenvalue weighted by atomic mass is 35.5. The van der Waals surface area contributed by atoms with Gasteiger partial charge in [0.2, 0.25) is 11.8 Å². The number of anilines is 2. The van der Waals surface area contributed by atoms with Gasteiger partial charge < -0.3 is 15.4 Å². The maximum absolute atomic E-state index is 12.7. The molecule has 0 aromatic carbocycles. The van der Waals surface area contributed by atoms with Crippen molar-refractivity contribution in [3.63, 3.8) is 0 Å². The quantitative estimate of drug-likeness (QED) is 0.706. The highest BCUT2D eigenvalue weighted by Gasteiger charge is 2.56. The summed E-state index contributed by atoms with van der Waals surface area (Å²) in [6, 6.07) is 3.56. The van der Waals surface area contributed by atoms with Crippen LogP contribution in [0.25, 0.3) is 0 Å². The van der Waals surface area contributed by atoms with Gasteiger partial charge in [-0.2, -0.15) is 5.10 Å². The fourth-order valence-corrected chi connectivity index (χ4v) is 5.33. The van der Waals surface area contributed by atoms with Crippen LogP contribution in [0.1, 0.15) is 33.6 Å². The number of ether oxygens (including phenoxy) is 1. The van der Waals surface area contributed by atoms with Gasteiger partial charge in [-0.25, -0.2) is 9.67 Å². The van der Waals surface area contributed by atoms with Crippen LogP contribution in [0.15, 0.2) is 29.3 Å². The summed E-state index contributed by atoms with van der Waals surface area (Å²) in [4.78, 5) is 29.0. The minimum atomic E-state index is -0.497. The van der Waals surface area contributed by atoms with E-state index >= 15 is 0 Å². The topological polar surface area (TPSA) is 98.1 Å². The van der Waals surface area contributed by atoms with Crippen LogP contribution < -0.4 is 20.9 Å². The monoisotopic (exact) mass is 445 g/mol. The zero-order valence-corrected chi connectivity index (χ0v) is 18.9. The number of hydrogen-bond donors (Lipinski definition) is 2. The van der Waals surface area contributed by atoms with E-state index in [9.17, 15) is 9.59 Å². The lowest BCUT2D eigenvalue weighted by molar-refractivity contribution is -0.117. The molecular weight excluding hydrogens is 418 g/mol. The smallest absolute Gasteiger partial charge is 0.288 e. The summed E-state index contributed by atoms with van der Waals surface area (Å²) < 4.78 is 6.05. The van der Waals surface area contributed by atoms with E-state index in [-0.39, 0.29) is 17.6 Å². The van der Waals surface area contributed by atoms with Crippen LogP contribution in [-0.4, -0.2) is 33.8 Å². The molecule has 2 aromatic rings. The number of pyridine rings is 1. The minimum Gasteiger partial charge on any atom is -0.481 e. The van der Waals surface area contributed by atoms with Crippen LogP contribution in [0.3, 0.4) is 0 Å². The number of carbonyl (C=O) groups excluding carboxylic acids is 1. The molecule has 31 heavy (non-hydrogen) atoms. The fraction of sp³-hybridized carbons (Fsp3) is 0.545. The molecule has 166 valence electrons. The molecule has 3 aliphatic carbocycles. The molecule has 0 radical (unpaired) electrons. The highest BCUT2D eigenvalue weighted by Crippen LogP contribution is 2.61. The Balaban J connectivity index is 1.41. The summed E-state index contributed by atoms with van der Waals surface area (Å²) >= 11 is 6.35. The van der Waals surface area contributed by atoms with E-state index in [1.807, 2.05) is 0 Å². The van der Waals surface area contributed by atoms with E-state index in [1.54, 1.807) is 12.1 Å². The third-order valence-electron chi connectivity index (χ3n) is 7.20. The number of rotatable bonds is 6. The van der Waals surface area contributed by atoms with Gasteiger partial charge in [0.05, 0.1) is 30.9 Å². The van der Waals surface area contributed by atoms with Gasteiger partial charge in [0.15, 0.2) is 0 Å². The largest absolute Gasteiger partial charge is 0.481 e. The van der Waals surface area contributed by atoms with Crippen LogP contribution in [0, 0.1) is 23.2 Å². The average molecular weight is 446 g/mol. The lowest BCUT2D eigenvalue weighted by Crippen LogP contribution is -2.58. The molecule has 0 saturated heterocycles. The molecule has 3 fully saturated rings. The molecule has 3 saturated carbocycles. The third kappa shape index (κ3) is 4.01. The molecule has 2 N–H and O–H groups in total. The van der Waals surface area contributed by atoms with Crippen LogP contribution in [0.4, 0.5) is 11.4 Å². The van der Waals surface area contributed by atoms with Crippen molar-refractivity contribution in [3.05, 3.63) is 39.9 Å². The molecule has 8 nitrogen and oxygen atoms in total. The van der Waals surface area contributed by atoms with Crippen LogP contribution in [0.5, 0.6) is 5.88 Å². The maximum Gasteiger partial charge on any atom is 0.288 e. The number of nitrogens with zero attached hydrogens (tertiary/aromatic N) is 3. The summed E-state index contributed by atoms with van der Waals surface area (Å²) in [5.41, 5.74) is 0.911. The van der Waals surface area contributed by atoms with E-state index in [0.717, 1.165) is 11.1 Å². The van der Waals surface area contributed by atoms with Crippen molar-refractivity contribution in [1.82, 2.24) is 14.8 Å². The highest BCUT2D eigenvalue weighted by molar-refractivity contribution is 6.32. The van der Waals surface area contributed by atoms with E-state index in [2.05, 4.69) is 41.5 Å². The number of halogens is 1. The van der Waals surface area contributed by atoms with Gasteiger partial charge in [0.25, 0.3) is 5.56 Å². The van der Waals surface area contributed by atoms with Crippen LogP contribution >= 0.6 is 11.6 Å². The Morgan fingerprint density at radius 3 is 2.71 bits per heavy atom. The zero-order chi connectivity index (χ0) is 22.3. The zero-order valence-electron chi connectivity index (χ0n) is 18.2. The van der Waals surface area contributed by atoms with Crippen molar-refractivity contribution in [2.45, 2.75) is 46.2 Å². The molecule has 5 rings (SSSR count). The number of carbonyl (C=O) groups is 1. The second-order valence-corrected chi connectivity index (χ2v) is 9.56. The number of nitrogens with one attached hydrogen (secondary N) is 2.